The average Bonchev–Trinajstić information content (AvgIpc) is 2.90. The van der Waals surface area contributed by atoms with Gasteiger partial charge in [-0.25, -0.2) is 0 Å². The number of rotatable bonds is 4. The van der Waals surface area contributed by atoms with Crippen molar-refractivity contribution in [1.29, 1.82) is 0 Å². The predicted molar refractivity (Wildman–Crippen MR) is 101 cm³/mol. The second kappa shape index (κ2) is 7.10. The van der Waals surface area contributed by atoms with Crippen molar-refractivity contribution in [2.75, 3.05) is 26.2 Å². The molecular weight excluding hydrogens is 330 g/mol. The molecule has 2 heterocycles. The summed E-state index contributed by atoms with van der Waals surface area (Å²) in [6, 6.07) is 5.49. The van der Waals surface area contributed by atoms with Gasteiger partial charge < -0.3 is 19.5 Å². The first-order chi connectivity index (χ1) is 12.2. The van der Waals surface area contributed by atoms with Crippen LogP contribution in [0.2, 0.25) is 0 Å². The number of esters is 1. The molecule has 0 radical (unpaired) electrons. The predicted octanol–water partition coefficient (Wildman–Crippen LogP) is 3.49. The Kier molecular flexibility index (Phi) is 5.20. The van der Waals surface area contributed by atoms with Gasteiger partial charge in [0.05, 0.1) is 12.5 Å². The number of benzene rings is 1. The van der Waals surface area contributed by atoms with E-state index in [0.717, 1.165) is 44.6 Å². The van der Waals surface area contributed by atoms with Gasteiger partial charge in [0.2, 0.25) is 0 Å². The highest BCUT2D eigenvalue weighted by molar-refractivity contribution is 5.72. The fourth-order valence-corrected chi connectivity index (χ4v) is 3.88. The largest absolute Gasteiger partial charge is 0.508 e. The molecule has 0 aliphatic carbocycles. The van der Waals surface area contributed by atoms with E-state index in [9.17, 15) is 9.90 Å². The van der Waals surface area contributed by atoms with Gasteiger partial charge >= 0.3 is 5.97 Å². The first-order valence-electron chi connectivity index (χ1n) is 9.60. The van der Waals surface area contributed by atoms with Gasteiger partial charge in [0.25, 0.3) is 0 Å². The van der Waals surface area contributed by atoms with Crippen molar-refractivity contribution < 1.29 is 19.4 Å². The van der Waals surface area contributed by atoms with Gasteiger partial charge in [-0.3, -0.25) is 4.79 Å². The van der Waals surface area contributed by atoms with Crippen LogP contribution < -0.4 is 4.74 Å². The van der Waals surface area contributed by atoms with E-state index in [1.165, 1.54) is 5.56 Å². The Bertz CT molecular complexity index is 656. The molecule has 144 valence electrons. The summed E-state index contributed by atoms with van der Waals surface area (Å²) in [5.41, 5.74) is 0.890. The molecule has 5 nitrogen and oxygen atoms in total. The van der Waals surface area contributed by atoms with Crippen LogP contribution >= 0.6 is 0 Å². The van der Waals surface area contributed by atoms with Crippen molar-refractivity contribution in [3.8, 4) is 11.5 Å². The summed E-state index contributed by atoms with van der Waals surface area (Å²) in [7, 11) is 0. The van der Waals surface area contributed by atoms with Crippen LogP contribution in [0.1, 0.15) is 52.5 Å². The molecule has 1 N–H and O–H groups in total. The van der Waals surface area contributed by atoms with Gasteiger partial charge in [-0.1, -0.05) is 13.0 Å². The maximum Gasteiger partial charge on any atom is 0.309 e. The number of ether oxygens (including phenoxy) is 2. The maximum absolute atomic E-state index is 12.1. The van der Waals surface area contributed by atoms with E-state index in [2.05, 4.69) is 4.90 Å². The molecule has 1 aromatic rings. The van der Waals surface area contributed by atoms with Crippen LogP contribution in [-0.4, -0.2) is 47.8 Å². The highest BCUT2D eigenvalue weighted by atomic mass is 16.6. The Morgan fingerprint density at radius 2 is 2.04 bits per heavy atom. The Labute approximate surface area is 156 Å². The van der Waals surface area contributed by atoms with Crippen LogP contribution in [0, 0.1) is 5.92 Å². The molecule has 0 aromatic heterocycles. The molecule has 1 unspecified atom stereocenters. The summed E-state index contributed by atoms with van der Waals surface area (Å²) in [6.07, 6.45) is 2.92. The van der Waals surface area contributed by atoms with Crippen LogP contribution in [0.5, 0.6) is 11.5 Å². The topological polar surface area (TPSA) is 59.0 Å². The van der Waals surface area contributed by atoms with Gasteiger partial charge in [0.1, 0.15) is 17.1 Å². The van der Waals surface area contributed by atoms with Gasteiger partial charge in [0, 0.05) is 17.0 Å². The van der Waals surface area contributed by atoms with E-state index in [-0.39, 0.29) is 23.1 Å². The number of phenols is 1. The average molecular weight is 361 g/mol. The summed E-state index contributed by atoms with van der Waals surface area (Å²) in [5.74, 6) is 0.902. The lowest BCUT2D eigenvalue weighted by atomic mass is 9.74. The molecule has 1 spiro atoms. The summed E-state index contributed by atoms with van der Waals surface area (Å²) < 4.78 is 11.3. The minimum Gasteiger partial charge on any atom is -0.508 e. The molecule has 1 fully saturated rings. The van der Waals surface area contributed by atoms with Crippen LogP contribution in [0.3, 0.4) is 0 Å². The van der Waals surface area contributed by atoms with Crippen molar-refractivity contribution in [1.82, 2.24) is 4.90 Å². The van der Waals surface area contributed by atoms with Crippen molar-refractivity contribution in [2.24, 2.45) is 5.92 Å². The van der Waals surface area contributed by atoms with E-state index in [1.54, 1.807) is 12.1 Å². The van der Waals surface area contributed by atoms with E-state index in [4.69, 9.17) is 9.47 Å². The zero-order chi connectivity index (χ0) is 18.9. The molecule has 0 bridgehead atoms. The fraction of sp³-hybridized carbons (Fsp3) is 0.667. The van der Waals surface area contributed by atoms with E-state index in [1.807, 2.05) is 33.8 Å². The minimum atomic E-state index is -0.423. The lowest BCUT2D eigenvalue weighted by Gasteiger charge is -2.38. The second-order valence-corrected chi connectivity index (χ2v) is 8.81. The number of aromatic hydroxyl groups is 1. The van der Waals surface area contributed by atoms with Crippen LogP contribution in [0.4, 0.5) is 0 Å². The van der Waals surface area contributed by atoms with Gasteiger partial charge in [-0.05, 0) is 65.7 Å². The number of likely N-dealkylation sites (tertiary alicyclic amines) is 1. The molecule has 2 aliphatic heterocycles. The Morgan fingerprint density at radius 1 is 1.35 bits per heavy atom. The molecule has 2 aliphatic rings. The van der Waals surface area contributed by atoms with E-state index in [0.29, 0.717) is 6.61 Å². The number of nitrogens with zero attached hydrogens (tertiary/aromatic N) is 1. The number of hydrogen-bond donors (Lipinski definition) is 1. The Morgan fingerprint density at radius 3 is 2.69 bits per heavy atom. The fourth-order valence-electron chi connectivity index (χ4n) is 3.88. The number of piperidine rings is 1. The third-order valence-electron chi connectivity index (χ3n) is 5.54. The zero-order valence-corrected chi connectivity index (χ0v) is 16.4. The Balaban J connectivity index is 1.50. The van der Waals surface area contributed by atoms with Crippen LogP contribution in [0.25, 0.3) is 0 Å². The van der Waals surface area contributed by atoms with Crippen molar-refractivity contribution in [2.45, 2.75) is 58.0 Å². The molecule has 1 atom stereocenters. The first-order valence-corrected chi connectivity index (χ1v) is 9.60. The molecule has 0 amide bonds. The smallest absolute Gasteiger partial charge is 0.309 e. The van der Waals surface area contributed by atoms with Crippen molar-refractivity contribution >= 4 is 5.97 Å². The summed E-state index contributed by atoms with van der Waals surface area (Å²) >= 11 is 0. The molecule has 1 saturated heterocycles. The van der Waals surface area contributed by atoms with E-state index >= 15 is 0 Å². The molecule has 5 heteroatoms. The number of fused-ring (bicyclic) bond motifs is 2. The van der Waals surface area contributed by atoms with Gasteiger partial charge in [-0.15, -0.1) is 0 Å². The summed E-state index contributed by atoms with van der Waals surface area (Å²) in [5, 5.41) is 9.64. The summed E-state index contributed by atoms with van der Waals surface area (Å²) in [4.78, 5) is 14.6. The van der Waals surface area contributed by atoms with Crippen LogP contribution in [-0.2, 0) is 14.9 Å². The van der Waals surface area contributed by atoms with Crippen LogP contribution in [0.15, 0.2) is 18.2 Å². The number of hydrogen-bond acceptors (Lipinski definition) is 5. The molecule has 26 heavy (non-hydrogen) atoms. The zero-order valence-electron chi connectivity index (χ0n) is 16.4. The van der Waals surface area contributed by atoms with Crippen molar-refractivity contribution in [3.63, 3.8) is 0 Å². The highest BCUT2D eigenvalue weighted by Gasteiger charge is 2.43. The van der Waals surface area contributed by atoms with Gasteiger partial charge in [0.15, 0.2) is 0 Å². The Hall–Kier alpha value is -1.75. The molecular formula is C21H31NO4. The van der Waals surface area contributed by atoms with E-state index < -0.39 is 5.60 Å². The first kappa shape index (κ1) is 19.0. The second-order valence-electron chi connectivity index (χ2n) is 8.81. The lowest BCUT2D eigenvalue weighted by molar-refractivity contribution is -0.159. The third-order valence-corrected chi connectivity index (χ3v) is 5.54. The minimum absolute atomic E-state index is 0.0797. The monoisotopic (exact) mass is 361 g/mol. The molecule has 0 saturated carbocycles. The van der Waals surface area contributed by atoms with Gasteiger partial charge in [-0.2, -0.15) is 0 Å². The highest BCUT2D eigenvalue weighted by Crippen LogP contribution is 2.46. The molecule has 1 aromatic carbocycles. The lowest BCUT2D eigenvalue weighted by Crippen LogP contribution is -2.44. The number of carbonyl (C=O) groups excluding carboxylic acids is 1. The SMILES string of the molecule is CC(CCN1CCC2(CC1)COc1cc(O)ccc12)C(=O)OC(C)(C)C. The maximum atomic E-state index is 12.1. The van der Waals surface area contributed by atoms with Crippen molar-refractivity contribution in [3.05, 3.63) is 23.8 Å². The number of carbonyl (C=O) groups is 1. The normalized spacial score (nSPS) is 20.5. The quantitative estimate of drug-likeness (QED) is 0.832. The number of phenolic OH excluding ortho intramolecular Hbond substituents is 1. The summed E-state index contributed by atoms with van der Waals surface area (Å²) in [6.45, 7) is 11.3. The molecule has 3 rings (SSSR count). The standard InChI is InChI=1S/C21H31NO4/c1-15(19(24)26-20(2,3)4)7-10-22-11-8-21(9-12-22)14-25-18-13-16(23)5-6-17(18)21/h5-6,13,15,23H,7-12,14H2,1-4H3. The third kappa shape index (κ3) is 4.14.